The molecule has 0 N–H and O–H groups in total. The molecule has 5 aliphatic carbocycles. The third kappa shape index (κ3) is 0.257. The zero-order chi connectivity index (χ0) is 7.50. The van der Waals surface area contributed by atoms with Crippen molar-refractivity contribution < 1.29 is 0 Å². The fourth-order valence-corrected chi connectivity index (χ4v) is 5.25. The lowest BCUT2D eigenvalue weighted by molar-refractivity contribution is -0.142. The Morgan fingerprint density at radius 2 is 1.92 bits per heavy atom. The van der Waals surface area contributed by atoms with Crippen LogP contribution in [-0.4, -0.2) is 0 Å². The van der Waals surface area contributed by atoms with E-state index in [0.717, 1.165) is 23.2 Å². The Hall–Kier alpha value is -0.520. The summed E-state index contributed by atoms with van der Waals surface area (Å²) in [6, 6.07) is 0. The molecular weight excluding hydrogens is 144 g/mol. The number of rotatable bonds is 0. The predicted molar refractivity (Wildman–Crippen MR) is 46.5 cm³/mol. The Kier molecular flexibility index (Phi) is 0.509. The molecule has 0 bridgehead atoms. The second-order valence-corrected chi connectivity index (χ2v) is 5.47. The molecule has 1 spiro atoms. The van der Waals surface area contributed by atoms with Gasteiger partial charge in [0.2, 0.25) is 0 Å². The summed E-state index contributed by atoms with van der Waals surface area (Å²) in [4.78, 5) is 0. The number of allylic oxidation sites excluding steroid dienone is 4. The average molecular weight is 156 g/mol. The van der Waals surface area contributed by atoms with E-state index >= 15 is 0 Å². The molecule has 5 aliphatic rings. The van der Waals surface area contributed by atoms with Gasteiger partial charge < -0.3 is 0 Å². The third-order valence-corrected chi connectivity index (χ3v) is 5.52. The molecule has 0 saturated heterocycles. The lowest BCUT2D eigenvalue weighted by Crippen LogP contribution is -2.59. The van der Waals surface area contributed by atoms with Crippen LogP contribution in [0.15, 0.2) is 22.8 Å². The maximum Gasteiger partial charge on any atom is 0.00499 e. The predicted octanol–water partition coefficient (Wildman–Crippen LogP) is 2.67. The minimum absolute atomic E-state index is 0.833. The third-order valence-electron chi connectivity index (χ3n) is 5.52. The van der Waals surface area contributed by atoms with Crippen molar-refractivity contribution >= 4 is 0 Å². The van der Waals surface area contributed by atoms with Gasteiger partial charge in [0.15, 0.2) is 0 Å². The van der Waals surface area contributed by atoms with Gasteiger partial charge in [-0.25, -0.2) is 0 Å². The van der Waals surface area contributed by atoms with Gasteiger partial charge in [-0.1, -0.05) is 6.08 Å². The second-order valence-electron chi connectivity index (χ2n) is 5.47. The van der Waals surface area contributed by atoms with E-state index in [1.165, 1.54) is 12.8 Å². The summed E-state index contributed by atoms with van der Waals surface area (Å²) < 4.78 is 0. The van der Waals surface area contributed by atoms with Crippen molar-refractivity contribution in [2.75, 3.05) is 0 Å². The summed E-state index contributed by atoms with van der Waals surface area (Å²) in [5.41, 5.74) is 6.29. The Bertz CT molecular complexity index is 385. The monoisotopic (exact) mass is 156 g/mol. The molecule has 3 fully saturated rings. The zero-order valence-corrected chi connectivity index (χ0v) is 7.14. The first-order chi connectivity index (χ1) is 5.90. The van der Waals surface area contributed by atoms with Crippen LogP contribution in [-0.2, 0) is 0 Å². The lowest BCUT2D eigenvalue weighted by atomic mass is 9.39. The van der Waals surface area contributed by atoms with Gasteiger partial charge in [-0.3, -0.25) is 0 Å². The van der Waals surface area contributed by atoms with Crippen LogP contribution in [0.1, 0.15) is 25.7 Å². The summed E-state index contributed by atoms with van der Waals surface area (Å²) in [6.45, 7) is 0. The second kappa shape index (κ2) is 1.16. The van der Waals surface area contributed by atoms with Crippen LogP contribution in [0, 0.1) is 23.2 Å². The highest BCUT2D eigenvalue weighted by Gasteiger charge is 2.74. The van der Waals surface area contributed by atoms with Crippen LogP contribution in [0.25, 0.3) is 0 Å². The van der Waals surface area contributed by atoms with Crippen LogP contribution in [0.5, 0.6) is 0 Å². The van der Waals surface area contributed by atoms with Crippen molar-refractivity contribution in [2.24, 2.45) is 23.2 Å². The first-order valence-corrected chi connectivity index (χ1v) is 5.35. The van der Waals surface area contributed by atoms with E-state index in [4.69, 9.17) is 0 Å². The van der Waals surface area contributed by atoms with Crippen LogP contribution >= 0.6 is 0 Å². The van der Waals surface area contributed by atoms with Crippen LogP contribution in [0.3, 0.4) is 0 Å². The fraction of sp³-hybridized carbons (Fsp3) is 0.667. The number of hydrogen-bond acceptors (Lipinski definition) is 0. The maximum absolute atomic E-state index is 2.51. The molecule has 4 atom stereocenters. The highest BCUT2D eigenvalue weighted by atomic mass is 14.8. The quantitative estimate of drug-likeness (QED) is 0.506. The van der Waals surface area contributed by atoms with Gasteiger partial charge in [-0.2, -0.15) is 0 Å². The van der Waals surface area contributed by atoms with E-state index in [1.54, 1.807) is 24.0 Å². The van der Waals surface area contributed by atoms with Crippen molar-refractivity contribution in [3.05, 3.63) is 22.8 Å². The van der Waals surface area contributed by atoms with Gasteiger partial charge >= 0.3 is 0 Å². The van der Waals surface area contributed by atoms with Gasteiger partial charge in [0.25, 0.3) is 0 Å². The average Bonchev–Trinajstić information content (AvgIpc) is 2.43. The molecule has 60 valence electrons. The first kappa shape index (κ1) is 5.26. The van der Waals surface area contributed by atoms with E-state index in [9.17, 15) is 0 Å². The molecule has 0 amide bonds. The highest BCUT2D eigenvalue weighted by Crippen LogP contribution is 2.83. The van der Waals surface area contributed by atoms with Gasteiger partial charge in [-0.15, -0.1) is 0 Å². The molecule has 0 nitrogen and oxygen atoms in total. The Morgan fingerprint density at radius 3 is 2.67 bits per heavy atom. The molecule has 3 saturated carbocycles. The molecule has 0 aromatic heterocycles. The van der Waals surface area contributed by atoms with E-state index < -0.39 is 0 Å². The molecule has 5 rings (SSSR count). The van der Waals surface area contributed by atoms with Crippen molar-refractivity contribution in [1.29, 1.82) is 0 Å². The van der Waals surface area contributed by atoms with Crippen LogP contribution in [0.2, 0.25) is 0 Å². The van der Waals surface area contributed by atoms with E-state index in [2.05, 4.69) is 6.08 Å². The first-order valence-electron chi connectivity index (χ1n) is 5.35. The van der Waals surface area contributed by atoms with E-state index in [1.807, 2.05) is 5.57 Å². The molecule has 0 heterocycles. The SMILES string of the molecule is C1=C2CC3CC4CC5CC1=C2C354. The largest absolute Gasteiger partial charge is 0.0552 e. The molecular formula is C12H12. The minimum Gasteiger partial charge on any atom is -0.0552 e. The molecule has 4 unspecified atom stereocenters. The Balaban J connectivity index is 1.87. The molecule has 0 aromatic rings. The van der Waals surface area contributed by atoms with Crippen LogP contribution < -0.4 is 0 Å². The fourth-order valence-electron chi connectivity index (χ4n) is 5.25. The topological polar surface area (TPSA) is 0 Å². The number of hydrogen-bond donors (Lipinski definition) is 0. The summed E-state index contributed by atoms with van der Waals surface area (Å²) in [5, 5.41) is 0. The van der Waals surface area contributed by atoms with E-state index in [0.29, 0.717) is 0 Å². The molecule has 0 aromatic carbocycles. The molecule has 0 aliphatic heterocycles. The molecule has 12 heavy (non-hydrogen) atoms. The standard InChI is InChI=1S/C12H12/c1-6-2-8-4-10-5-9-3-7(1)11(6)12(8,9)10/h1,8-10H,2-5H2. The van der Waals surface area contributed by atoms with Crippen LogP contribution in [0.4, 0.5) is 0 Å². The highest BCUT2D eigenvalue weighted by molar-refractivity contribution is 5.66. The Morgan fingerprint density at radius 1 is 1.08 bits per heavy atom. The van der Waals surface area contributed by atoms with Gasteiger partial charge in [0.05, 0.1) is 0 Å². The maximum atomic E-state index is 2.51. The molecule has 0 heteroatoms. The van der Waals surface area contributed by atoms with Gasteiger partial charge in [0, 0.05) is 5.41 Å². The van der Waals surface area contributed by atoms with Crippen molar-refractivity contribution in [1.82, 2.24) is 0 Å². The van der Waals surface area contributed by atoms with Gasteiger partial charge in [-0.05, 0) is 60.2 Å². The van der Waals surface area contributed by atoms with Crippen molar-refractivity contribution in [3.63, 3.8) is 0 Å². The Labute approximate surface area is 72.3 Å². The minimum atomic E-state index is 0.833. The van der Waals surface area contributed by atoms with Crippen molar-refractivity contribution in [2.45, 2.75) is 25.7 Å². The smallest absolute Gasteiger partial charge is 0.00499 e. The van der Waals surface area contributed by atoms with E-state index in [-0.39, 0.29) is 0 Å². The normalized spacial score (nSPS) is 61.3. The summed E-state index contributed by atoms with van der Waals surface area (Å²) in [5.74, 6) is 3.37. The summed E-state index contributed by atoms with van der Waals surface area (Å²) in [6.07, 6.45) is 8.59. The molecule has 0 radical (unpaired) electrons. The zero-order valence-electron chi connectivity index (χ0n) is 7.14. The lowest BCUT2D eigenvalue weighted by Gasteiger charge is -2.65. The van der Waals surface area contributed by atoms with Crippen molar-refractivity contribution in [3.8, 4) is 0 Å². The summed E-state index contributed by atoms with van der Waals surface area (Å²) >= 11 is 0. The summed E-state index contributed by atoms with van der Waals surface area (Å²) in [7, 11) is 0. The van der Waals surface area contributed by atoms with Gasteiger partial charge in [0.1, 0.15) is 0 Å².